The van der Waals surface area contributed by atoms with Crippen LogP contribution in [0.1, 0.15) is 34.6 Å². The SMILES string of the molecule is COc1cc(N[C@@H](C)C(=O)NC(=O)NC(C)(C)C)ccc1NC(C)=O. The van der Waals surface area contributed by atoms with Gasteiger partial charge in [-0.2, -0.15) is 0 Å². The number of methoxy groups -OCH3 is 1. The van der Waals surface area contributed by atoms with Crippen LogP contribution >= 0.6 is 0 Å². The average molecular weight is 350 g/mol. The first-order valence-corrected chi connectivity index (χ1v) is 7.87. The summed E-state index contributed by atoms with van der Waals surface area (Å²) >= 11 is 0. The molecule has 0 fully saturated rings. The predicted molar refractivity (Wildman–Crippen MR) is 96.8 cm³/mol. The number of urea groups is 1. The van der Waals surface area contributed by atoms with Crippen molar-refractivity contribution in [2.45, 2.75) is 46.2 Å². The summed E-state index contributed by atoms with van der Waals surface area (Å²) in [4.78, 5) is 35.0. The van der Waals surface area contributed by atoms with Crippen molar-refractivity contribution in [1.82, 2.24) is 10.6 Å². The topological polar surface area (TPSA) is 109 Å². The average Bonchev–Trinajstić information content (AvgIpc) is 2.46. The molecule has 0 heterocycles. The Kier molecular flexibility index (Phi) is 6.78. The van der Waals surface area contributed by atoms with E-state index in [9.17, 15) is 14.4 Å². The number of hydrogen-bond donors (Lipinski definition) is 4. The number of hydrogen-bond acceptors (Lipinski definition) is 5. The number of ether oxygens (including phenoxy) is 1. The summed E-state index contributed by atoms with van der Waals surface area (Å²) in [6.07, 6.45) is 0. The Balaban J connectivity index is 2.72. The molecule has 0 spiro atoms. The van der Waals surface area contributed by atoms with Crippen LogP contribution in [0.4, 0.5) is 16.2 Å². The van der Waals surface area contributed by atoms with E-state index in [4.69, 9.17) is 4.74 Å². The number of imide groups is 1. The largest absolute Gasteiger partial charge is 0.494 e. The molecule has 8 nitrogen and oxygen atoms in total. The van der Waals surface area contributed by atoms with Gasteiger partial charge in [-0.15, -0.1) is 0 Å². The highest BCUT2D eigenvalue weighted by Gasteiger charge is 2.19. The number of nitrogens with one attached hydrogen (secondary N) is 4. The molecule has 0 aliphatic heterocycles. The van der Waals surface area contributed by atoms with Crippen molar-refractivity contribution >= 4 is 29.2 Å². The number of carbonyl (C=O) groups excluding carboxylic acids is 3. The number of anilines is 2. The first-order valence-electron chi connectivity index (χ1n) is 7.87. The van der Waals surface area contributed by atoms with Crippen LogP contribution in [-0.4, -0.2) is 36.5 Å². The van der Waals surface area contributed by atoms with Crippen LogP contribution in [-0.2, 0) is 9.59 Å². The number of benzene rings is 1. The van der Waals surface area contributed by atoms with Crippen molar-refractivity contribution in [1.29, 1.82) is 0 Å². The lowest BCUT2D eigenvalue weighted by atomic mass is 10.1. The molecule has 4 N–H and O–H groups in total. The zero-order valence-electron chi connectivity index (χ0n) is 15.4. The van der Waals surface area contributed by atoms with E-state index < -0.39 is 23.5 Å². The Morgan fingerprint density at radius 1 is 1.16 bits per heavy atom. The summed E-state index contributed by atoms with van der Waals surface area (Å²) in [6, 6.07) is 3.82. The van der Waals surface area contributed by atoms with Crippen LogP contribution in [0.5, 0.6) is 5.75 Å². The van der Waals surface area contributed by atoms with Crippen LogP contribution in [0.2, 0.25) is 0 Å². The molecule has 1 aromatic rings. The Bertz CT molecular complexity index is 653. The molecule has 0 saturated heterocycles. The summed E-state index contributed by atoms with van der Waals surface area (Å²) in [5.41, 5.74) is 0.709. The van der Waals surface area contributed by atoms with Gasteiger partial charge < -0.3 is 20.7 Å². The van der Waals surface area contributed by atoms with Gasteiger partial charge in [-0.25, -0.2) is 4.79 Å². The molecule has 0 aromatic heterocycles. The molecule has 0 aliphatic rings. The number of carbonyl (C=O) groups is 3. The lowest BCUT2D eigenvalue weighted by molar-refractivity contribution is -0.120. The standard InChI is InChI=1S/C17H26N4O4/c1-10(15(23)20-16(24)21-17(3,4)5)18-12-7-8-13(19-11(2)22)14(9-12)25-6/h7-10,18H,1-6H3,(H,19,22)(H2,20,21,23,24)/t10-/m0/s1. The van der Waals surface area contributed by atoms with Gasteiger partial charge in [0.15, 0.2) is 0 Å². The minimum absolute atomic E-state index is 0.211. The summed E-state index contributed by atoms with van der Waals surface area (Å²) in [5, 5.41) is 10.6. The van der Waals surface area contributed by atoms with E-state index in [1.165, 1.54) is 14.0 Å². The molecule has 25 heavy (non-hydrogen) atoms. The molecule has 0 aliphatic carbocycles. The van der Waals surface area contributed by atoms with Crippen molar-refractivity contribution < 1.29 is 19.1 Å². The van der Waals surface area contributed by atoms with E-state index in [2.05, 4.69) is 21.3 Å². The van der Waals surface area contributed by atoms with E-state index in [1.807, 2.05) is 20.8 Å². The van der Waals surface area contributed by atoms with E-state index in [-0.39, 0.29) is 5.91 Å². The number of amides is 4. The fourth-order valence-electron chi connectivity index (χ4n) is 1.98. The van der Waals surface area contributed by atoms with Gasteiger partial charge in [0.2, 0.25) is 11.8 Å². The molecule has 4 amide bonds. The second kappa shape index (κ2) is 8.36. The first kappa shape index (κ1) is 20.3. The second-order valence-corrected chi connectivity index (χ2v) is 6.66. The molecule has 0 radical (unpaired) electrons. The summed E-state index contributed by atoms with van der Waals surface area (Å²) in [5.74, 6) is -0.221. The van der Waals surface area contributed by atoms with Crippen LogP contribution in [0.15, 0.2) is 18.2 Å². The zero-order chi connectivity index (χ0) is 19.2. The van der Waals surface area contributed by atoms with Crippen LogP contribution in [0, 0.1) is 0 Å². The van der Waals surface area contributed by atoms with Crippen molar-refractivity contribution in [3.05, 3.63) is 18.2 Å². The molecular weight excluding hydrogens is 324 g/mol. The highest BCUT2D eigenvalue weighted by Crippen LogP contribution is 2.28. The van der Waals surface area contributed by atoms with E-state index in [0.29, 0.717) is 17.1 Å². The fourth-order valence-corrected chi connectivity index (χ4v) is 1.98. The van der Waals surface area contributed by atoms with Gasteiger partial charge in [0, 0.05) is 24.2 Å². The van der Waals surface area contributed by atoms with E-state index in [1.54, 1.807) is 25.1 Å². The quantitative estimate of drug-likeness (QED) is 0.650. The normalized spacial score (nSPS) is 11.9. The Labute approximate surface area is 147 Å². The Hall–Kier alpha value is -2.77. The van der Waals surface area contributed by atoms with E-state index in [0.717, 1.165) is 0 Å². The zero-order valence-corrected chi connectivity index (χ0v) is 15.4. The second-order valence-electron chi connectivity index (χ2n) is 6.66. The lowest BCUT2D eigenvalue weighted by Crippen LogP contribution is -2.51. The highest BCUT2D eigenvalue weighted by molar-refractivity contribution is 5.98. The minimum atomic E-state index is -0.651. The molecule has 0 unspecified atom stereocenters. The van der Waals surface area contributed by atoms with Crippen molar-refractivity contribution in [3.63, 3.8) is 0 Å². The summed E-state index contributed by atoms with van der Waals surface area (Å²) in [6.45, 7) is 8.50. The van der Waals surface area contributed by atoms with E-state index >= 15 is 0 Å². The maximum Gasteiger partial charge on any atom is 0.321 e. The monoisotopic (exact) mass is 350 g/mol. The Morgan fingerprint density at radius 2 is 1.80 bits per heavy atom. The van der Waals surface area contributed by atoms with Gasteiger partial charge in [0.1, 0.15) is 11.8 Å². The van der Waals surface area contributed by atoms with Gasteiger partial charge in [0.05, 0.1) is 12.8 Å². The first-order chi connectivity index (χ1) is 11.5. The minimum Gasteiger partial charge on any atom is -0.494 e. The number of rotatable bonds is 5. The van der Waals surface area contributed by atoms with Crippen molar-refractivity contribution in [3.8, 4) is 5.75 Å². The smallest absolute Gasteiger partial charge is 0.321 e. The summed E-state index contributed by atoms with van der Waals surface area (Å²) in [7, 11) is 1.48. The molecule has 1 rings (SSSR count). The maximum atomic E-state index is 12.1. The molecule has 138 valence electrons. The molecular formula is C17H26N4O4. The predicted octanol–water partition coefficient (Wildman–Crippen LogP) is 2.08. The van der Waals surface area contributed by atoms with Gasteiger partial charge >= 0.3 is 6.03 Å². The molecule has 1 atom stereocenters. The van der Waals surface area contributed by atoms with Crippen LogP contribution in [0.25, 0.3) is 0 Å². The van der Waals surface area contributed by atoms with Gasteiger partial charge in [-0.05, 0) is 39.8 Å². The Morgan fingerprint density at radius 3 is 2.32 bits per heavy atom. The molecule has 1 aromatic carbocycles. The van der Waals surface area contributed by atoms with Gasteiger partial charge in [-0.3, -0.25) is 14.9 Å². The third-order valence-electron chi connectivity index (χ3n) is 3.01. The third-order valence-corrected chi connectivity index (χ3v) is 3.01. The van der Waals surface area contributed by atoms with Crippen LogP contribution < -0.4 is 26.0 Å². The molecule has 0 saturated carbocycles. The van der Waals surface area contributed by atoms with Gasteiger partial charge in [-0.1, -0.05) is 0 Å². The van der Waals surface area contributed by atoms with Gasteiger partial charge in [0.25, 0.3) is 0 Å². The molecule has 8 heteroatoms. The molecule has 0 bridgehead atoms. The summed E-state index contributed by atoms with van der Waals surface area (Å²) < 4.78 is 5.23. The van der Waals surface area contributed by atoms with Crippen LogP contribution in [0.3, 0.4) is 0 Å². The third kappa shape index (κ3) is 7.11. The highest BCUT2D eigenvalue weighted by atomic mass is 16.5. The maximum absolute atomic E-state index is 12.1. The van der Waals surface area contributed by atoms with Crippen molar-refractivity contribution in [2.24, 2.45) is 0 Å². The fraction of sp³-hybridized carbons (Fsp3) is 0.471. The van der Waals surface area contributed by atoms with Crippen molar-refractivity contribution in [2.75, 3.05) is 17.7 Å². The lowest BCUT2D eigenvalue weighted by Gasteiger charge is -2.21.